The number of anilines is 1. The summed E-state index contributed by atoms with van der Waals surface area (Å²) in [4.78, 5) is 17.9. The number of carbonyl (C=O) groups excluding carboxylic acids is 1. The van der Waals surface area contributed by atoms with E-state index in [1.807, 2.05) is 31.2 Å². The number of fused-ring (bicyclic) bond motifs is 1. The van der Waals surface area contributed by atoms with E-state index in [1.54, 1.807) is 16.8 Å². The quantitative estimate of drug-likeness (QED) is 0.401. The maximum absolute atomic E-state index is 13.0. The van der Waals surface area contributed by atoms with Gasteiger partial charge in [0.1, 0.15) is 11.6 Å². The highest BCUT2D eigenvalue weighted by molar-refractivity contribution is 6.04. The molecule has 1 N–H and O–H groups in total. The molecule has 0 saturated carbocycles. The van der Waals surface area contributed by atoms with Gasteiger partial charge in [0.2, 0.25) is 0 Å². The van der Waals surface area contributed by atoms with E-state index in [0.717, 1.165) is 27.7 Å². The van der Waals surface area contributed by atoms with Gasteiger partial charge in [-0.05, 0) is 75.1 Å². The van der Waals surface area contributed by atoms with Crippen LogP contribution in [0.1, 0.15) is 46.6 Å². The number of hydrogen-bond acceptors (Lipinski definition) is 4. The van der Waals surface area contributed by atoms with Crippen LogP contribution in [-0.2, 0) is 0 Å². The molecule has 170 valence electrons. The van der Waals surface area contributed by atoms with Crippen LogP contribution in [0.4, 0.5) is 5.82 Å². The molecule has 0 bridgehead atoms. The van der Waals surface area contributed by atoms with Crippen molar-refractivity contribution in [1.29, 1.82) is 0 Å². The van der Waals surface area contributed by atoms with E-state index in [1.165, 1.54) is 5.56 Å². The van der Waals surface area contributed by atoms with Gasteiger partial charge in [0.25, 0.3) is 5.91 Å². The third-order valence-electron chi connectivity index (χ3n) is 5.41. The molecule has 0 spiro atoms. The van der Waals surface area contributed by atoms with E-state index >= 15 is 0 Å². The predicted octanol–water partition coefficient (Wildman–Crippen LogP) is 5.94. The van der Waals surface area contributed by atoms with Gasteiger partial charge >= 0.3 is 0 Å². The van der Waals surface area contributed by atoms with Crippen molar-refractivity contribution in [2.45, 2.75) is 41.5 Å². The first-order valence-electron chi connectivity index (χ1n) is 11.2. The second kappa shape index (κ2) is 9.06. The third-order valence-corrected chi connectivity index (χ3v) is 5.41. The number of aryl methyl sites for hydroxylation is 4. The first kappa shape index (κ1) is 22.5. The Bertz CT molecular complexity index is 1340. The third kappa shape index (κ3) is 4.90. The largest absolute Gasteiger partial charge is 0.493 e. The van der Waals surface area contributed by atoms with Crippen molar-refractivity contribution < 1.29 is 9.53 Å². The maximum Gasteiger partial charge on any atom is 0.256 e. The number of amides is 1. The summed E-state index contributed by atoms with van der Waals surface area (Å²) in [5, 5.41) is 8.73. The summed E-state index contributed by atoms with van der Waals surface area (Å²) in [6.07, 6.45) is 0. The average molecular weight is 443 g/mol. The molecule has 4 aromatic rings. The minimum absolute atomic E-state index is 0.226. The minimum atomic E-state index is -0.226. The number of benzene rings is 2. The van der Waals surface area contributed by atoms with E-state index in [4.69, 9.17) is 9.72 Å². The normalized spacial score (nSPS) is 11.2. The van der Waals surface area contributed by atoms with Crippen molar-refractivity contribution in [1.82, 2.24) is 14.8 Å². The summed E-state index contributed by atoms with van der Waals surface area (Å²) >= 11 is 0. The first-order valence-corrected chi connectivity index (χ1v) is 11.2. The number of pyridine rings is 1. The molecule has 0 saturated heterocycles. The molecule has 0 radical (unpaired) electrons. The highest BCUT2D eigenvalue weighted by Gasteiger charge is 2.16. The zero-order valence-corrected chi connectivity index (χ0v) is 20.1. The Labute approximate surface area is 194 Å². The predicted molar refractivity (Wildman–Crippen MR) is 133 cm³/mol. The molecule has 0 aliphatic rings. The van der Waals surface area contributed by atoms with Crippen LogP contribution in [0.5, 0.6) is 5.75 Å². The SMILES string of the molecule is Cc1cc(C)c2nc(-n3nc(C)cc3NC(=O)c3cccc(OCC(C)C)c3)cc(C)c2c1. The number of carbonyl (C=O) groups is 1. The smallest absolute Gasteiger partial charge is 0.256 e. The Morgan fingerprint density at radius 2 is 1.82 bits per heavy atom. The van der Waals surface area contributed by atoms with Crippen molar-refractivity contribution in [2.75, 3.05) is 11.9 Å². The number of ether oxygens (including phenoxy) is 1. The van der Waals surface area contributed by atoms with E-state index in [2.05, 4.69) is 57.2 Å². The van der Waals surface area contributed by atoms with Crippen LogP contribution in [0.2, 0.25) is 0 Å². The van der Waals surface area contributed by atoms with Gasteiger partial charge in [-0.15, -0.1) is 0 Å². The highest BCUT2D eigenvalue weighted by Crippen LogP contribution is 2.26. The minimum Gasteiger partial charge on any atom is -0.493 e. The summed E-state index contributed by atoms with van der Waals surface area (Å²) < 4.78 is 7.46. The van der Waals surface area contributed by atoms with Crippen molar-refractivity contribution >= 4 is 22.6 Å². The lowest BCUT2D eigenvalue weighted by Gasteiger charge is -2.13. The van der Waals surface area contributed by atoms with E-state index in [9.17, 15) is 4.79 Å². The van der Waals surface area contributed by atoms with Gasteiger partial charge < -0.3 is 10.1 Å². The van der Waals surface area contributed by atoms with Crippen LogP contribution in [0.25, 0.3) is 16.7 Å². The molecule has 0 unspecified atom stereocenters. The summed E-state index contributed by atoms with van der Waals surface area (Å²) in [5.41, 5.74) is 5.69. The lowest BCUT2D eigenvalue weighted by molar-refractivity contribution is 0.102. The van der Waals surface area contributed by atoms with Crippen LogP contribution in [0.15, 0.2) is 48.5 Å². The fourth-order valence-electron chi connectivity index (χ4n) is 3.88. The topological polar surface area (TPSA) is 69.0 Å². The highest BCUT2D eigenvalue weighted by atomic mass is 16.5. The van der Waals surface area contributed by atoms with Gasteiger partial charge in [-0.3, -0.25) is 4.79 Å². The molecule has 0 aliphatic heterocycles. The Kier molecular flexibility index (Phi) is 6.18. The second-order valence-corrected chi connectivity index (χ2v) is 9.04. The second-order valence-electron chi connectivity index (χ2n) is 9.04. The van der Waals surface area contributed by atoms with Crippen LogP contribution >= 0.6 is 0 Å². The number of rotatable bonds is 6. The zero-order valence-electron chi connectivity index (χ0n) is 20.1. The number of nitrogens with zero attached hydrogens (tertiary/aromatic N) is 3. The van der Waals surface area contributed by atoms with Gasteiger partial charge in [-0.2, -0.15) is 9.78 Å². The van der Waals surface area contributed by atoms with Gasteiger partial charge in [0.05, 0.1) is 17.8 Å². The zero-order chi connectivity index (χ0) is 23.7. The van der Waals surface area contributed by atoms with E-state index in [-0.39, 0.29) is 5.91 Å². The van der Waals surface area contributed by atoms with Gasteiger partial charge in [-0.25, -0.2) is 4.98 Å². The summed E-state index contributed by atoms with van der Waals surface area (Å²) in [6, 6.07) is 15.4. The monoisotopic (exact) mass is 442 g/mol. The summed E-state index contributed by atoms with van der Waals surface area (Å²) in [6.45, 7) is 12.9. The standard InChI is InChI=1S/C27H30N4O2/c1-16(2)15-33-22-9-7-8-21(14-22)27(32)29-25-13-20(6)30-31(25)24-12-18(4)23-11-17(3)10-19(5)26(23)28-24/h7-14,16H,15H2,1-6H3,(H,29,32). The molecule has 0 atom stereocenters. The number of hydrogen-bond donors (Lipinski definition) is 1. The van der Waals surface area contributed by atoms with Crippen LogP contribution in [-0.4, -0.2) is 27.3 Å². The molecule has 6 nitrogen and oxygen atoms in total. The molecule has 0 fully saturated rings. The molecule has 0 aliphatic carbocycles. The summed E-state index contributed by atoms with van der Waals surface area (Å²) in [5.74, 6) is 2.10. The van der Waals surface area contributed by atoms with E-state index in [0.29, 0.717) is 35.5 Å². The molecule has 1 amide bonds. The maximum atomic E-state index is 13.0. The molecular formula is C27H30N4O2. The Morgan fingerprint density at radius 1 is 1.03 bits per heavy atom. The molecule has 2 aromatic heterocycles. The van der Waals surface area contributed by atoms with Crippen LogP contribution in [0.3, 0.4) is 0 Å². The van der Waals surface area contributed by atoms with Gasteiger partial charge in [-0.1, -0.05) is 31.5 Å². The molecule has 33 heavy (non-hydrogen) atoms. The van der Waals surface area contributed by atoms with Crippen LogP contribution in [0, 0.1) is 33.6 Å². The number of aromatic nitrogens is 3. The van der Waals surface area contributed by atoms with Gasteiger partial charge in [0, 0.05) is 17.0 Å². The Balaban J connectivity index is 1.66. The molecule has 6 heteroatoms. The number of nitrogens with one attached hydrogen (secondary N) is 1. The van der Waals surface area contributed by atoms with Crippen LogP contribution < -0.4 is 10.1 Å². The van der Waals surface area contributed by atoms with Crippen molar-refractivity contribution in [3.8, 4) is 11.6 Å². The Hall–Kier alpha value is -3.67. The van der Waals surface area contributed by atoms with Crippen molar-refractivity contribution in [2.24, 2.45) is 5.92 Å². The average Bonchev–Trinajstić information content (AvgIpc) is 3.13. The molecule has 4 rings (SSSR count). The molecular weight excluding hydrogens is 412 g/mol. The summed E-state index contributed by atoms with van der Waals surface area (Å²) in [7, 11) is 0. The van der Waals surface area contributed by atoms with E-state index < -0.39 is 0 Å². The molecule has 2 heterocycles. The lowest BCUT2D eigenvalue weighted by Crippen LogP contribution is -2.16. The fraction of sp³-hybridized carbons (Fsp3) is 0.296. The first-order chi connectivity index (χ1) is 15.7. The van der Waals surface area contributed by atoms with Gasteiger partial charge in [0.15, 0.2) is 5.82 Å². The fourth-order valence-corrected chi connectivity index (χ4v) is 3.88. The molecule has 2 aromatic carbocycles. The van der Waals surface area contributed by atoms with Crippen molar-refractivity contribution in [3.05, 3.63) is 76.5 Å². The Morgan fingerprint density at radius 3 is 2.58 bits per heavy atom. The lowest BCUT2D eigenvalue weighted by atomic mass is 10.0. The van der Waals surface area contributed by atoms with Crippen molar-refractivity contribution in [3.63, 3.8) is 0 Å².